The topological polar surface area (TPSA) is 67.2 Å². The predicted octanol–water partition coefficient (Wildman–Crippen LogP) is 1.76. The molecule has 0 aliphatic rings. The van der Waals surface area contributed by atoms with Gasteiger partial charge < -0.3 is 4.57 Å². The molecule has 1 heterocycles. The largest absolute Gasteiger partial charge is 0.333 e. The van der Waals surface area contributed by atoms with Gasteiger partial charge >= 0.3 is 0 Å². The van der Waals surface area contributed by atoms with Gasteiger partial charge in [-0.2, -0.15) is 0 Å². The first-order valence-electron chi connectivity index (χ1n) is 5.87. The Morgan fingerprint density at radius 2 is 2.16 bits per heavy atom. The highest BCUT2D eigenvalue weighted by atomic mass is 16.5. The average molecular weight is 257 g/mol. The molecule has 1 aromatic heterocycles. The number of hydrogen-bond acceptors (Lipinski definition) is 3. The van der Waals surface area contributed by atoms with Crippen molar-refractivity contribution in [1.29, 1.82) is 0 Å². The molecule has 19 heavy (non-hydrogen) atoms. The molecule has 98 valence electrons. The summed E-state index contributed by atoms with van der Waals surface area (Å²) in [5.41, 5.74) is 4.59. The molecule has 5 heteroatoms. The first-order valence-corrected chi connectivity index (χ1v) is 5.87. The minimum atomic E-state index is -0.544. The van der Waals surface area contributed by atoms with Crippen molar-refractivity contribution in [2.24, 2.45) is 0 Å². The van der Waals surface area contributed by atoms with Crippen molar-refractivity contribution in [2.45, 2.75) is 13.5 Å². The molecular weight excluding hydrogens is 242 g/mol. The quantitative estimate of drug-likeness (QED) is 0.498. The van der Waals surface area contributed by atoms with Gasteiger partial charge in [0.05, 0.1) is 12.0 Å². The summed E-state index contributed by atoms with van der Waals surface area (Å²) in [5.74, 6) is -0.544. The molecular formula is C14H15N3O2. The SMILES string of the molecule is Cc1cn(Cc2ccc(C=CC(=O)NO)cc2)cn1. The summed E-state index contributed by atoms with van der Waals surface area (Å²) in [6.45, 7) is 2.72. The second-order valence-electron chi connectivity index (χ2n) is 4.24. The highest BCUT2D eigenvalue weighted by Gasteiger charge is 1.97. The monoisotopic (exact) mass is 257 g/mol. The van der Waals surface area contributed by atoms with Gasteiger partial charge in [0, 0.05) is 18.8 Å². The van der Waals surface area contributed by atoms with Crippen molar-refractivity contribution in [2.75, 3.05) is 0 Å². The lowest BCUT2D eigenvalue weighted by atomic mass is 10.1. The van der Waals surface area contributed by atoms with E-state index in [0.717, 1.165) is 23.4 Å². The zero-order valence-corrected chi connectivity index (χ0v) is 10.6. The van der Waals surface area contributed by atoms with Crippen molar-refractivity contribution in [1.82, 2.24) is 15.0 Å². The van der Waals surface area contributed by atoms with Gasteiger partial charge in [-0.15, -0.1) is 0 Å². The minimum absolute atomic E-state index is 0.544. The third kappa shape index (κ3) is 3.79. The van der Waals surface area contributed by atoms with Crippen LogP contribution in [-0.2, 0) is 11.3 Å². The Morgan fingerprint density at radius 1 is 1.42 bits per heavy atom. The molecule has 2 aromatic rings. The van der Waals surface area contributed by atoms with Gasteiger partial charge in [0.25, 0.3) is 5.91 Å². The van der Waals surface area contributed by atoms with Crippen LogP contribution in [0.1, 0.15) is 16.8 Å². The van der Waals surface area contributed by atoms with Gasteiger partial charge in [-0.1, -0.05) is 24.3 Å². The Labute approximate surface area is 111 Å². The number of aryl methyl sites for hydroxylation is 1. The number of imidazole rings is 1. The van der Waals surface area contributed by atoms with Crippen LogP contribution in [0.4, 0.5) is 0 Å². The minimum Gasteiger partial charge on any atom is -0.333 e. The van der Waals surface area contributed by atoms with Crippen molar-refractivity contribution in [3.8, 4) is 0 Å². The third-order valence-electron chi connectivity index (χ3n) is 2.64. The molecule has 1 amide bonds. The maximum Gasteiger partial charge on any atom is 0.267 e. The second kappa shape index (κ2) is 5.97. The van der Waals surface area contributed by atoms with Crippen LogP contribution < -0.4 is 5.48 Å². The summed E-state index contributed by atoms with van der Waals surface area (Å²) in [4.78, 5) is 15.0. The van der Waals surface area contributed by atoms with Crippen LogP contribution in [0.25, 0.3) is 6.08 Å². The summed E-state index contributed by atoms with van der Waals surface area (Å²) in [6.07, 6.45) is 6.69. The summed E-state index contributed by atoms with van der Waals surface area (Å²) in [5, 5.41) is 8.36. The number of carbonyl (C=O) groups excluding carboxylic acids is 1. The van der Waals surface area contributed by atoms with Crippen molar-refractivity contribution >= 4 is 12.0 Å². The number of amides is 1. The van der Waals surface area contributed by atoms with Crippen LogP contribution >= 0.6 is 0 Å². The van der Waals surface area contributed by atoms with Crippen LogP contribution in [0.5, 0.6) is 0 Å². The van der Waals surface area contributed by atoms with E-state index in [0.29, 0.717) is 0 Å². The van der Waals surface area contributed by atoms with Gasteiger partial charge in [0.1, 0.15) is 0 Å². The highest BCUT2D eigenvalue weighted by Crippen LogP contribution is 2.08. The molecule has 0 bridgehead atoms. The van der Waals surface area contributed by atoms with E-state index in [4.69, 9.17) is 5.21 Å². The molecule has 0 saturated heterocycles. The van der Waals surface area contributed by atoms with Crippen LogP contribution in [0, 0.1) is 6.92 Å². The molecule has 5 nitrogen and oxygen atoms in total. The summed E-state index contributed by atoms with van der Waals surface area (Å²) < 4.78 is 2.01. The highest BCUT2D eigenvalue weighted by molar-refractivity contribution is 5.90. The number of carbonyl (C=O) groups is 1. The number of nitrogens with zero attached hydrogens (tertiary/aromatic N) is 2. The third-order valence-corrected chi connectivity index (χ3v) is 2.64. The fourth-order valence-corrected chi connectivity index (χ4v) is 1.71. The van der Waals surface area contributed by atoms with Crippen molar-refractivity contribution in [3.63, 3.8) is 0 Å². The van der Waals surface area contributed by atoms with Gasteiger partial charge in [0.15, 0.2) is 0 Å². The molecule has 0 saturated carbocycles. The van der Waals surface area contributed by atoms with E-state index in [2.05, 4.69) is 4.98 Å². The summed E-state index contributed by atoms with van der Waals surface area (Å²) in [7, 11) is 0. The molecule has 0 aliphatic carbocycles. The number of benzene rings is 1. The lowest BCUT2D eigenvalue weighted by Gasteiger charge is -2.02. The molecule has 0 atom stereocenters. The maximum absolute atomic E-state index is 10.8. The zero-order chi connectivity index (χ0) is 13.7. The van der Waals surface area contributed by atoms with Crippen LogP contribution in [-0.4, -0.2) is 20.7 Å². The predicted molar refractivity (Wildman–Crippen MR) is 71.5 cm³/mol. The Hall–Kier alpha value is -2.40. The van der Waals surface area contributed by atoms with E-state index >= 15 is 0 Å². The summed E-state index contributed by atoms with van der Waals surface area (Å²) >= 11 is 0. The number of hydroxylamine groups is 1. The first kappa shape index (κ1) is 13.0. The number of hydrogen-bond donors (Lipinski definition) is 2. The Morgan fingerprint density at radius 3 is 2.74 bits per heavy atom. The fraction of sp³-hybridized carbons (Fsp3) is 0.143. The van der Waals surface area contributed by atoms with E-state index < -0.39 is 5.91 Å². The molecule has 0 aliphatic heterocycles. The maximum atomic E-state index is 10.8. The van der Waals surface area contributed by atoms with Crippen molar-refractivity contribution < 1.29 is 10.0 Å². The van der Waals surface area contributed by atoms with E-state index in [9.17, 15) is 4.79 Å². The van der Waals surface area contributed by atoms with Gasteiger partial charge in [-0.05, 0) is 24.1 Å². The lowest BCUT2D eigenvalue weighted by molar-refractivity contribution is -0.124. The number of aromatic nitrogens is 2. The lowest BCUT2D eigenvalue weighted by Crippen LogP contribution is -2.14. The van der Waals surface area contributed by atoms with Crippen molar-refractivity contribution in [3.05, 3.63) is 59.7 Å². The smallest absolute Gasteiger partial charge is 0.267 e. The van der Waals surface area contributed by atoms with E-state index in [-0.39, 0.29) is 0 Å². The van der Waals surface area contributed by atoms with Gasteiger partial charge in [-0.3, -0.25) is 10.0 Å². The van der Waals surface area contributed by atoms with E-state index in [1.54, 1.807) is 17.9 Å². The zero-order valence-electron chi connectivity index (χ0n) is 10.6. The normalized spacial score (nSPS) is 10.8. The molecule has 0 unspecified atom stereocenters. The Bertz CT molecular complexity index is 585. The fourth-order valence-electron chi connectivity index (χ4n) is 1.71. The van der Waals surface area contributed by atoms with Gasteiger partial charge in [0.2, 0.25) is 0 Å². The van der Waals surface area contributed by atoms with E-state index in [1.165, 1.54) is 6.08 Å². The van der Waals surface area contributed by atoms with Crippen LogP contribution in [0.15, 0.2) is 42.9 Å². The molecule has 0 radical (unpaired) electrons. The van der Waals surface area contributed by atoms with Crippen LogP contribution in [0.3, 0.4) is 0 Å². The van der Waals surface area contributed by atoms with Gasteiger partial charge in [-0.25, -0.2) is 10.5 Å². The first-order chi connectivity index (χ1) is 9.17. The average Bonchev–Trinajstić information content (AvgIpc) is 2.83. The molecule has 0 fully saturated rings. The van der Waals surface area contributed by atoms with E-state index in [1.807, 2.05) is 42.0 Å². The second-order valence-corrected chi connectivity index (χ2v) is 4.24. The molecule has 0 spiro atoms. The molecule has 1 aromatic carbocycles. The standard InChI is InChI=1S/C14H15N3O2/c1-11-8-17(10-15-11)9-13-4-2-12(3-5-13)6-7-14(18)16-19/h2-8,10,19H,9H2,1H3,(H,16,18). The number of rotatable bonds is 4. The number of nitrogens with one attached hydrogen (secondary N) is 1. The Balaban J connectivity index is 2.02. The molecule has 2 rings (SSSR count). The Kier molecular flexibility index (Phi) is 4.10. The summed E-state index contributed by atoms with van der Waals surface area (Å²) in [6, 6.07) is 7.82. The molecule has 2 N–H and O–H groups in total. The van der Waals surface area contributed by atoms with Crippen LogP contribution in [0.2, 0.25) is 0 Å².